The van der Waals surface area contributed by atoms with Crippen LogP contribution in [0.2, 0.25) is 5.02 Å². The fraction of sp³-hybridized carbons (Fsp3) is 0.125. The zero-order chi connectivity index (χ0) is 11.6. The number of halogens is 4. The van der Waals surface area contributed by atoms with E-state index >= 15 is 0 Å². The van der Waals surface area contributed by atoms with Gasteiger partial charge in [-0.1, -0.05) is 11.6 Å². The molecule has 0 atom stereocenters. The first-order valence-corrected chi connectivity index (χ1v) is 4.08. The smallest absolute Gasteiger partial charge is 0.272 e. The SMILES string of the molecule is [NH]NC(=O)c1cc(C(F)(F)F)ccc1Cl. The molecule has 0 spiro atoms. The average Bonchev–Trinajstić information content (AvgIpc) is 2.15. The third kappa shape index (κ3) is 2.60. The summed E-state index contributed by atoms with van der Waals surface area (Å²) >= 11 is 5.51. The summed E-state index contributed by atoms with van der Waals surface area (Å²) in [6.07, 6.45) is -4.54. The van der Waals surface area contributed by atoms with Crippen molar-refractivity contribution in [3.63, 3.8) is 0 Å². The molecule has 0 aliphatic heterocycles. The number of carbonyl (C=O) groups is 1. The Morgan fingerprint density at radius 1 is 1.40 bits per heavy atom. The maximum absolute atomic E-state index is 12.2. The summed E-state index contributed by atoms with van der Waals surface area (Å²) in [7, 11) is 0. The van der Waals surface area contributed by atoms with Gasteiger partial charge in [-0.05, 0) is 18.2 Å². The Balaban J connectivity index is 3.23. The monoisotopic (exact) mass is 237 g/mol. The highest BCUT2D eigenvalue weighted by molar-refractivity contribution is 6.33. The number of alkyl halides is 3. The molecule has 81 valence electrons. The van der Waals surface area contributed by atoms with Gasteiger partial charge in [0.1, 0.15) is 0 Å². The summed E-state index contributed by atoms with van der Waals surface area (Å²) in [5.74, 6) is 5.55. The predicted octanol–water partition coefficient (Wildman–Crippen LogP) is 2.29. The minimum absolute atomic E-state index is 0.132. The highest BCUT2D eigenvalue weighted by atomic mass is 35.5. The van der Waals surface area contributed by atoms with Crippen molar-refractivity contribution in [1.82, 2.24) is 11.3 Å². The van der Waals surface area contributed by atoms with Gasteiger partial charge in [-0.25, -0.2) is 0 Å². The Bertz CT molecular complexity index is 392. The Kier molecular flexibility index (Phi) is 3.21. The van der Waals surface area contributed by atoms with Crippen molar-refractivity contribution in [3.8, 4) is 0 Å². The largest absolute Gasteiger partial charge is 0.416 e. The minimum Gasteiger partial charge on any atom is -0.272 e. The van der Waals surface area contributed by atoms with E-state index in [4.69, 9.17) is 17.4 Å². The number of hydrogen-bond acceptors (Lipinski definition) is 1. The van der Waals surface area contributed by atoms with Crippen molar-refractivity contribution in [2.75, 3.05) is 0 Å². The quantitative estimate of drug-likeness (QED) is 0.749. The van der Waals surface area contributed by atoms with Gasteiger partial charge in [0.15, 0.2) is 0 Å². The van der Waals surface area contributed by atoms with E-state index in [1.807, 2.05) is 0 Å². The zero-order valence-corrected chi connectivity index (χ0v) is 7.91. The summed E-state index contributed by atoms with van der Waals surface area (Å²) in [6.45, 7) is 0. The fourth-order valence-electron chi connectivity index (χ4n) is 0.943. The van der Waals surface area contributed by atoms with Gasteiger partial charge in [-0.15, -0.1) is 0 Å². The van der Waals surface area contributed by atoms with E-state index in [9.17, 15) is 18.0 Å². The molecule has 2 N–H and O–H groups in total. The number of rotatable bonds is 1. The van der Waals surface area contributed by atoms with Crippen molar-refractivity contribution in [1.29, 1.82) is 0 Å². The lowest BCUT2D eigenvalue weighted by molar-refractivity contribution is -0.137. The highest BCUT2D eigenvalue weighted by Gasteiger charge is 2.31. The fourth-order valence-corrected chi connectivity index (χ4v) is 1.15. The number of carbonyl (C=O) groups excluding carboxylic acids is 1. The first-order valence-electron chi connectivity index (χ1n) is 3.70. The molecule has 0 saturated carbocycles. The molecule has 0 fully saturated rings. The molecule has 7 heteroatoms. The van der Waals surface area contributed by atoms with Crippen LogP contribution in [0.3, 0.4) is 0 Å². The molecule has 0 aliphatic rings. The van der Waals surface area contributed by atoms with Gasteiger partial charge in [0.25, 0.3) is 5.91 Å². The van der Waals surface area contributed by atoms with Crippen LogP contribution in [0.5, 0.6) is 0 Å². The number of amides is 1. The molecule has 1 aromatic carbocycles. The topological polar surface area (TPSA) is 52.9 Å². The van der Waals surface area contributed by atoms with Gasteiger partial charge < -0.3 is 0 Å². The molecule has 0 bridgehead atoms. The molecule has 0 heterocycles. The molecule has 0 aromatic heterocycles. The van der Waals surface area contributed by atoms with Crippen LogP contribution in [0.15, 0.2) is 18.2 Å². The van der Waals surface area contributed by atoms with E-state index in [0.717, 1.165) is 12.1 Å². The number of nitrogens with one attached hydrogen (secondary N) is 2. The molecule has 1 amide bonds. The van der Waals surface area contributed by atoms with Crippen molar-refractivity contribution in [2.45, 2.75) is 6.18 Å². The summed E-state index contributed by atoms with van der Waals surface area (Å²) in [4.78, 5) is 11.0. The van der Waals surface area contributed by atoms with Gasteiger partial charge >= 0.3 is 6.18 Å². The first kappa shape index (κ1) is 11.8. The van der Waals surface area contributed by atoms with Gasteiger partial charge in [0.2, 0.25) is 0 Å². The maximum Gasteiger partial charge on any atom is 0.416 e. The van der Waals surface area contributed by atoms with Crippen molar-refractivity contribution < 1.29 is 18.0 Å². The molecule has 1 rings (SSSR count). The van der Waals surface area contributed by atoms with E-state index in [1.165, 1.54) is 5.43 Å². The summed E-state index contributed by atoms with van der Waals surface area (Å²) in [5, 5.41) is -0.132. The number of hydrogen-bond donors (Lipinski definition) is 1. The van der Waals surface area contributed by atoms with Gasteiger partial charge in [-0.3, -0.25) is 10.2 Å². The van der Waals surface area contributed by atoms with Gasteiger partial charge in [0, 0.05) is 0 Å². The lowest BCUT2D eigenvalue weighted by Gasteiger charge is -2.09. The third-order valence-corrected chi connectivity index (χ3v) is 1.98. The van der Waals surface area contributed by atoms with Crippen LogP contribution >= 0.6 is 11.6 Å². The van der Waals surface area contributed by atoms with E-state index in [0.29, 0.717) is 6.07 Å². The Morgan fingerprint density at radius 3 is 2.47 bits per heavy atom. The second-order valence-corrected chi connectivity index (χ2v) is 3.05. The lowest BCUT2D eigenvalue weighted by Crippen LogP contribution is -2.21. The average molecular weight is 238 g/mol. The second kappa shape index (κ2) is 4.08. The zero-order valence-electron chi connectivity index (χ0n) is 7.15. The normalized spacial score (nSPS) is 11.3. The van der Waals surface area contributed by atoms with Crippen molar-refractivity contribution in [3.05, 3.63) is 34.3 Å². The number of benzene rings is 1. The molecule has 1 aromatic rings. The van der Waals surface area contributed by atoms with Crippen LogP contribution in [0.4, 0.5) is 13.2 Å². The molecule has 0 unspecified atom stereocenters. The first-order chi connectivity index (χ1) is 6.86. The Labute approximate surface area is 88.0 Å². The van der Waals surface area contributed by atoms with E-state index < -0.39 is 17.6 Å². The standard InChI is InChI=1S/C8H5ClF3N2O/c9-6-2-1-4(8(10,11)12)3-5(6)7(15)14-13/h1-3,13H,(H,14,15). The molecule has 1 radical (unpaired) electrons. The van der Waals surface area contributed by atoms with Crippen molar-refractivity contribution >= 4 is 17.5 Å². The van der Waals surface area contributed by atoms with Crippen molar-refractivity contribution in [2.24, 2.45) is 0 Å². The minimum atomic E-state index is -4.54. The molecule has 15 heavy (non-hydrogen) atoms. The van der Waals surface area contributed by atoms with E-state index in [-0.39, 0.29) is 10.6 Å². The summed E-state index contributed by atoms with van der Waals surface area (Å²) in [6, 6.07) is 2.34. The van der Waals surface area contributed by atoms with Crippen LogP contribution in [-0.2, 0) is 6.18 Å². The van der Waals surface area contributed by atoms with Crippen LogP contribution in [0.25, 0.3) is 0 Å². The maximum atomic E-state index is 12.2. The second-order valence-electron chi connectivity index (χ2n) is 2.65. The molecular formula is C8H5ClF3N2O. The van der Waals surface area contributed by atoms with Crippen LogP contribution < -0.4 is 11.3 Å². The Morgan fingerprint density at radius 2 is 2.00 bits per heavy atom. The third-order valence-electron chi connectivity index (χ3n) is 1.65. The molecule has 0 aliphatic carbocycles. The van der Waals surface area contributed by atoms with Crippen LogP contribution in [0, 0.1) is 0 Å². The highest BCUT2D eigenvalue weighted by Crippen LogP contribution is 2.31. The van der Waals surface area contributed by atoms with Crippen LogP contribution in [-0.4, -0.2) is 5.91 Å². The van der Waals surface area contributed by atoms with Gasteiger partial charge in [0.05, 0.1) is 16.1 Å². The van der Waals surface area contributed by atoms with E-state index in [1.54, 1.807) is 0 Å². The predicted molar refractivity (Wildman–Crippen MR) is 47.0 cm³/mol. The molecule has 0 saturated heterocycles. The van der Waals surface area contributed by atoms with Crippen LogP contribution in [0.1, 0.15) is 15.9 Å². The summed E-state index contributed by atoms with van der Waals surface area (Å²) in [5.41, 5.74) is 0.105. The molecular weight excluding hydrogens is 233 g/mol. The molecule has 3 nitrogen and oxygen atoms in total. The Hall–Kier alpha value is -1.27. The van der Waals surface area contributed by atoms with E-state index in [2.05, 4.69) is 0 Å². The lowest BCUT2D eigenvalue weighted by atomic mass is 10.1. The van der Waals surface area contributed by atoms with Gasteiger partial charge in [-0.2, -0.15) is 19.0 Å². The summed E-state index contributed by atoms with van der Waals surface area (Å²) < 4.78 is 36.7.